The van der Waals surface area contributed by atoms with Crippen LogP contribution in [-0.4, -0.2) is 50.2 Å². The quantitative estimate of drug-likeness (QED) is 0.813. The molecule has 3 rings (SSSR count). The summed E-state index contributed by atoms with van der Waals surface area (Å²) in [6.07, 6.45) is 4.17. The van der Waals surface area contributed by atoms with E-state index < -0.39 is 10.0 Å². The second-order valence-electron chi connectivity index (χ2n) is 8.13. The van der Waals surface area contributed by atoms with Gasteiger partial charge in [0.25, 0.3) is 0 Å². The van der Waals surface area contributed by atoms with E-state index >= 15 is 0 Å². The Hall–Kier alpha value is -0.820. The summed E-state index contributed by atoms with van der Waals surface area (Å²) in [5.74, 6) is 0.920. The average Bonchev–Trinajstić information content (AvgIpc) is 2.96. The van der Waals surface area contributed by atoms with Gasteiger partial charge in [0.2, 0.25) is 10.0 Å². The van der Waals surface area contributed by atoms with Gasteiger partial charge in [-0.3, -0.25) is 0 Å². The first-order chi connectivity index (χ1) is 10.7. The molecule has 2 amide bonds. The molecule has 2 saturated carbocycles. The summed E-state index contributed by atoms with van der Waals surface area (Å²) in [6, 6.07) is 0.0444. The number of carbonyl (C=O) groups is 1. The predicted molar refractivity (Wildman–Crippen MR) is 89.5 cm³/mol. The van der Waals surface area contributed by atoms with Crippen molar-refractivity contribution >= 4 is 16.1 Å². The standard InChI is InChI=1S/C16H29N3O3S/c1-15(2)12-5-6-16(15,3)13(11-12)18-14(20)17-7-9-19-8-4-10-23(19,21)22/h12-13H,4-11H2,1-3H3,(H2,17,18,20)/t12-,13-,16-/m0/s1. The number of sulfonamides is 1. The summed E-state index contributed by atoms with van der Waals surface area (Å²) in [7, 11) is -3.08. The third-order valence-electron chi connectivity index (χ3n) is 6.95. The first-order valence-electron chi connectivity index (χ1n) is 8.69. The molecule has 0 spiro atoms. The van der Waals surface area contributed by atoms with Gasteiger partial charge in [-0.2, -0.15) is 0 Å². The minimum atomic E-state index is -3.08. The highest BCUT2D eigenvalue weighted by atomic mass is 32.2. The third kappa shape index (κ3) is 2.76. The van der Waals surface area contributed by atoms with Crippen LogP contribution in [0.15, 0.2) is 0 Å². The average molecular weight is 343 g/mol. The molecular formula is C16H29N3O3S. The van der Waals surface area contributed by atoms with E-state index in [9.17, 15) is 13.2 Å². The summed E-state index contributed by atoms with van der Waals surface area (Å²) in [5, 5.41) is 5.96. The molecule has 3 fully saturated rings. The number of urea groups is 1. The van der Waals surface area contributed by atoms with Crippen molar-refractivity contribution in [3.05, 3.63) is 0 Å². The number of carbonyl (C=O) groups excluding carboxylic acids is 1. The van der Waals surface area contributed by atoms with Crippen LogP contribution in [0.2, 0.25) is 0 Å². The molecule has 2 bridgehead atoms. The van der Waals surface area contributed by atoms with E-state index in [1.54, 1.807) is 0 Å². The first kappa shape index (κ1) is 17.0. The maximum Gasteiger partial charge on any atom is 0.315 e. The number of nitrogens with zero attached hydrogens (tertiary/aromatic N) is 1. The third-order valence-corrected chi connectivity index (χ3v) is 8.91. The second kappa shape index (κ2) is 5.62. The van der Waals surface area contributed by atoms with E-state index in [0.29, 0.717) is 32.0 Å². The highest BCUT2D eigenvalue weighted by Gasteiger charge is 2.61. The molecule has 7 heteroatoms. The van der Waals surface area contributed by atoms with Crippen molar-refractivity contribution in [3.8, 4) is 0 Å². The lowest BCUT2D eigenvalue weighted by molar-refractivity contribution is 0.123. The fraction of sp³-hybridized carbons (Fsp3) is 0.938. The second-order valence-corrected chi connectivity index (χ2v) is 10.2. The van der Waals surface area contributed by atoms with Crippen LogP contribution in [0.25, 0.3) is 0 Å². The molecule has 0 radical (unpaired) electrons. The van der Waals surface area contributed by atoms with Crippen molar-refractivity contribution < 1.29 is 13.2 Å². The van der Waals surface area contributed by atoms with Gasteiger partial charge in [0, 0.05) is 25.7 Å². The lowest BCUT2D eigenvalue weighted by atomic mass is 9.69. The molecule has 3 aliphatic rings. The zero-order chi connectivity index (χ0) is 16.9. The van der Waals surface area contributed by atoms with Gasteiger partial charge in [-0.05, 0) is 42.4 Å². The SMILES string of the molecule is CC1(C)[C@H]2CC[C@@]1(C)[C@@H](NC(=O)NCCN1CCCS1(=O)=O)C2. The number of rotatable bonds is 4. The zero-order valence-corrected chi connectivity index (χ0v) is 15.2. The molecule has 0 aromatic carbocycles. The highest BCUT2D eigenvalue weighted by Crippen LogP contribution is 2.65. The van der Waals surface area contributed by atoms with Gasteiger partial charge in [-0.15, -0.1) is 0 Å². The number of amides is 2. The smallest absolute Gasteiger partial charge is 0.315 e. The van der Waals surface area contributed by atoms with Crippen molar-refractivity contribution in [3.63, 3.8) is 0 Å². The number of fused-ring (bicyclic) bond motifs is 2. The highest BCUT2D eigenvalue weighted by molar-refractivity contribution is 7.89. The summed E-state index contributed by atoms with van der Waals surface area (Å²) < 4.78 is 24.9. The monoisotopic (exact) mass is 343 g/mol. The van der Waals surface area contributed by atoms with Crippen LogP contribution in [0.5, 0.6) is 0 Å². The molecule has 0 aromatic rings. The molecule has 2 aliphatic carbocycles. The lowest BCUT2D eigenvalue weighted by Crippen LogP contribution is -2.51. The Bertz CT molecular complexity index is 589. The zero-order valence-electron chi connectivity index (χ0n) is 14.4. The van der Waals surface area contributed by atoms with E-state index in [2.05, 4.69) is 31.4 Å². The van der Waals surface area contributed by atoms with Crippen LogP contribution < -0.4 is 10.6 Å². The molecule has 6 nitrogen and oxygen atoms in total. The molecular weight excluding hydrogens is 314 g/mol. The summed E-state index contributed by atoms with van der Waals surface area (Å²) in [6.45, 7) is 8.24. The van der Waals surface area contributed by atoms with Crippen LogP contribution in [0, 0.1) is 16.7 Å². The van der Waals surface area contributed by atoms with Crippen molar-refractivity contribution in [1.29, 1.82) is 0 Å². The Kier molecular flexibility index (Phi) is 4.16. The van der Waals surface area contributed by atoms with E-state index in [1.165, 1.54) is 17.1 Å². The normalized spacial score (nSPS) is 37.9. The van der Waals surface area contributed by atoms with Crippen molar-refractivity contribution in [1.82, 2.24) is 14.9 Å². The lowest BCUT2D eigenvalue weighted by Gasteiger charge is -2.39. The Balaban J connectivity index is 1.48. The molecule has 1 aliphatic heterocycles. The largest absolute Gasteiger partial charge is 0.337 e. The van der Waals surface area contributed by atoms with E-state index in [1.807, 2.05) is 0 Å². The van der Waals surface area contributed by atoms with Gasteiger partial charge in [-0.25, -0.2) is 17.5 Å². The minimum Gasteiger partial charge on any atom is -0.337 e. The number of hydrogen-bond acceptors (Lipinski definition) is 3. The fourth-order valence-corrected chi connectivity index (χ4v) is 6.40. The van der Waals surface area contributed by atoms with Crippen LogP contribution in [0.4, 0.5) is 4.79 Å². The molecule has 132 valence electrons. The van der Waals surface area contributed by atoms with Gasteiger partial charge >= 0.3 is 6.03 Å². The van der Waals surface area contributed by atoms with Gasteiger partial charge in [-0.1, -0.05) is 20.8 Å². The topological polar surface area (TPSA) is 78.5 Å². The molecule has 1 heterocycles. The first-order valence-corrected chi connectivity index (χ1v) is 10.3. The van der Waals surface area contributed by atoms with Gasteiger partial charge < -0.3 is 10.6 Å². The van der Waals surface area contributed by atoms with Gasteiger partial charge in [0.05, 0.1) is 5.75 Å². The maximum atomic E-state index is 12.2. The van der Waals surface area contributed by atoms with Crippen molar-refractivity contribution in [2.24, 2.45) is 16.7 Å². The van der Waals surface area contributed by atoms with Crippen LogP contribution in [0.3, 0.4) is 0 Å². The number of hydrogen-bond donors (Lipinski definition) is 2. The van der Waals surface area contributed by atoms with E-state index in [4.69, 9.17) is 0 Å². The number of nitrogens with one attached hydrogen (secondary N) is 2. The van der Waals surface area contributed by atoms with E-state index in [-0.39, 0.29) is 28.7 Å². The summed E-state index contributed by atoms with van der Waals surface area (Å²) in [5.41, 5.74) is 0.432. The Morgan fingerprint density at radius 1 is 1.30 bits per heavy atom. The Morgan fingerprint density at radius 2 is 2.04 bits per heavy atom. The molecule has 2 N–H and O–H groups in total. The van der Waals surface area contributed by atoms with Gasteiger partial charge in [0.15, 0.2) is 0 Å². The maximum absolute atomic E-state index is 12.2. The minimum absolute atomic E-state index is 0.160. The van der Waals surface area contributed by atoms with Gasteiger partial charge in [0.1, 0.15) is 0 Å². The molecule has 0 unspecified atom stereocenters. The molecule has 23 heavy (non-hydrogen) atoms. The summed E-state index contributed by atoms with van der Waals surface area (Å²) in [4.78, 5) is 12.2. The van der Waals surface area contributed by atoms with Crippen LogP contribution in [-0.2, 0) is 10.0 Å². The van der Waals surface area contributed by atoms with Crippen LogP contribution in [0.1, 0.15) is 46.5 Å². The molecule has 3 atom stereocenters. The van der Waals surface area contributed by atoms with Crippen LogP contribution >= 0.6 is 0 Å². The van der Waals surface area contributed by atoms with E-state index in [0.717, 1.165) is 6.42 Å². The van der Waals surface area contributed by atoms with Crippen molar-refractivity contribution in [2.45, 2.75) is 52.5 Å². The predicted octanol–water partition coefficient (Wildman–Crippen LogP) is 1.54. The summed E-state index contributed by atoms with van der Waals surface area (Å²) >= 11 is 0. The molecule has 0 aromatic heterocycles. The Morgan fingerprint density at radius 3 is 2.57 bits per heavy atom. The Labute approximate surface area is 139 Å². The molecule has 1 saturated heterocycles. The van der Waals surface area contributed by atoms with Crippen molar-refractivity contribution in [2.75, 3.05) is 25.4 Å². The fourth-order valence-electron chi connectivity index (χ4n) is 4.87.